The molecule has 1 aliphatic rings. The Morgan fingerprint density at radius 1 is 1.65 bits per heavy atom. The van der Waals surface area contributed by atoms with Crippen LogP contribution in [0, 0.1) is 0 Å². The molecule has 5 heteroatoms. The van der Waals surface area contributed by atoms with Crippen LogP contribution in [0.4, 0.5) is 11.4 Å². The number of nitrogens with one attached hydrogen (secondary N) is 1. The smallest absolute Gasteiger partial charge is 0.110 e. The summed E-state index contributed by atoms with van der Waals surface area (Å²) in [6, 6.07) is 5.25. The van der Waals surface area contributed by atoms with E-state index in [0.717, 1.165) is 5.69 Å². The summed E-state index contributed by atoms with van der Waals surface area (Å²) < 4.78 is 5.36. The minimum Gasteiger partial charge on any atom is -0.397 e. The standard InChI is InChI=1S/C12H17ClN2O2/c1-8-12(16,4-5-17-8)7-15-11-3-2-9(13)6-10(11)14/h2-3,6,8,15-16H,4-5,7,14H2,1H3. The fourth-order valence-electron chi connectivity index (χ4n) is 1.95. The van der Waals surface area contributed by atoms with Crippen LogP contribution in [0.2, 0.25) is 5.02 Å². The van der Waals surface area contributed by atoms with Crippen LogP contribution in [0.3, 0.4) is 0 Å². The summed E-state index contributed by atoms with van der Waals surface area (Å²) in [5, 5.41) is 14.1. The maximum atomic E-state index is 10.3. The number of nitrogens with two attached hydrogens (primary N) is 1. The molecule has 1 aromatic carbocycles. The molecule has 2 rings (SSSR count). The van der Waals surface area contributed by atoms with Gasteiger partial charge in [-0.2, -0.15) is 0 Å². The third kappa shape index (κ3) is 2.65. The van der Waals surface area contributed by atoms with E-state index in [9.17, 15) is 5.11 Å². The summed E-state index contributed by atoms with van der Waals surface area (Å²) in [4.78, 5) is 0. The number of halogens is 1. The van der Waals surface area contributed by atoms with E-state index in [1.54, 1.807) is 12.1 Å². The van der Waals surface area contributed by atoms with Crippen molar-refractivity contribution < 1.29 is 9.84 Å². The third-order valence-electron chi connectivity index (χ3n) is 3.26. The minimum atomic E-state index is -0.827. The van der Waals surface area contributed by atoms with E-state index in [1.807, 2.05) is 13.0 Å². The van der Waals surface area contributed by atoms with Gasteiger partial charge in [0.1, 0.15) is 5.60 Å². The number of ether oxygens (including phenoxy) is 1. The van der Waals surface area contributed by atoms with Gasteiger partial charge in [0.25, 0.3) is 0 Å². The van der Waals surface area contributed by atoms with E-state index in [-0.39, 0.29) is 6.10 Å². The predicted octanol–water partition coefficient (Wildman–Crippen LogP) is 1.87. The summed E-state index contributed by atoms with van der Waals surface area (Å²) in [5.41, 5.74) is 6.35. The predicted molar refractivity (Wildman–Crippen MR) is 69.3 cm³/mol. The number of hydrogen-bond acceptors (Lipinski definition) is 4. The number of hydrogen-bond donors (Lipinski definition) is 3. The molecule has 1 aliphatic heterocycles. The van der Waals surface area contributed by atoms with Crippen LogP contribution < -0.4 is 11.1 Å². The SMILES string of the molecule is CC1OCCC1(O)CNc1ccc(Cl)cc1N. The maximum absolute atomic E-state index is 10.3. The van der Waals surface area contributed by atoms with Crippen molar-refractivity contribution in [1.29, 1.82) is 0 Å². The Bertz CT molecular complexity index is 413. The first kappa shape index (κ1) is 12.5. The van der Waals surface area contributed by atoms with Crippen molar-refractivity contribution in [1.82, 2.24) is 0 Å². The molecular formula is C12H17ClN2O2. The highest BCUT2D eigenvalue weighted by atomic mass is 35.5. The molecule has 0 saturated carbocycles. The molecule has 1 aromatic rings. The van der Waals surface area contributed by atoms with Gasteiger partial charge < -0.3 is 20.9 Å². The Hall–Kier alpha value is -0.970. The third-order valence-corrected chi connectivity index (χ3v) is 3.49. The van der Waals surface area contributed by atoms with E-state index >= 15 is 0 Å². The maximum Gasteiger partial charge on any atom is 0.110 e. The van der Waals surface area contributed by atoms with Gasteiger partial charge in [0.05, 0.1) is 17.5 Å². The molecule has 17 heavy (non-hydrogen) atoms. The van der Waals surface area contributed by atoms with Crippen molar-refractivity contribution in [2.24, 2.45) is 0 Å². The molecule has 4 N–H and O–H groups in total. The molecule has 0 spiro atoms. The van der Waals surface area contributed by atoms with Crippen molar-refractivity contribution in [2.75, 3.05) is 24.2 Å². The van der Waals surface area contributed by atoms with Gasteiger partial charge in [-0.1, -0.05) is 11.6 Å². The van der Waals surface area contributed by atoms with Crippen molar-refractivity contribution in [3.8, 4) is 0 Å². The number of rotatable bonds is 3. The monoisotopic (exact) mass is 256 g/mol. The Kier molecular flexibility index (Phi) is 3.47. The molecule has 94 valence electrons. The first-order chi connectivity index (χ1) is 8.01. The molecule has 2 unspecified atom stereocenters. The summed E-state index contributed by atoms with van der Waals surface area (Å²) in [5.74, 6) is 0. The zero-order valence-electron chi connectivity index (χ0n) is 9.74. The van der Waals surface area contributed by atoms with Gasteiger partial charge in [0.15, 0.2) is 0 Å². The van der Waals surface area contributed by atoms with Crippen LogP contribution in [0.5, 0.6) is 0 Å². The highest BCUT2D eigenvalue weighted by molar-refractivity contribution is 6.31. The van der Waals surface area contributed by atoms with Gasteiger partial charge in [-0.05, 0) is 25.1 Å². The van der Waals surface area contributed by atoms with Gasteiger partial charge in [-0.25, -0.2) is 0 Å². The molecular weight excluding hydrogens is 240 g/mol. The molecule has 4 nitrogen and oxygen atoms in total. The van der Waals surface area contributed by atoms with Gasteiger partial charge in [0, 0.05) is 24.6 Å². The topological polar surface area (TPSA) is 67.5 Å². The second-order valence-corrected chi connectivity index (χ2v) is 4.89. The Labute approximate surface area is 106 Å². The van der Waals surface area contributed by atoms with Gasteiger partial charge in [-0.15, -0.1) is 0 Å². The number of aliphatic hydroxyl groups is 1. The molecule has 0 amide bonds. The van der Waals surface area contributed by atoms with Crippen LogP contribution in [0.25, 0.3) is 0 Å². The van der Waals surface area contributed by atoms with Crippen LogP contribution in [0.1, 0.15) is 13.3 Å². The normalized spacial score (nSPS) is 28.3. The largest absolute Gasteiger partial charge is 0.397 e. The van der Waals surface area contributed by atoms with Crippen molar-refractivity contribution in [3.05, 3.63) is 23.2 Å². The molecule has 1 fully saturated rings. The van der Waals surface area contributed by atoms with Crippen molar-refractivity contribution in [2.45, 2.75) is 25.0 Å². The summed E-state index contributed by atoms with van der Waals surface area (Å²) >= 11 is 5.82. The Balaban J connectivity index is 2.02. The van der Waals surface area contributed by atoms with Gasteiger partial charge >= 0.3 is 0 Å². The van der Waals surface area contributed by atoms with Gasteiger partial charge in [0.2, 0.25) is 0 Å². The van der Waals surface area contributed by atoms with Crippen LogP contribution in [-0.2, 0) is 4.74 Å². The average Bonchev–Trinajstić information content (AvgIpc) is 2.59. The second-order valence-electron chi connectivity index (χ2n) is 4.45. The lowest BCUT2D eigenvalue weighted by atomic mass is 9.96. The van der Waals surface area contributed by atoms with E-state index in [2.05, 4.69) is 5.32 Å². The zero-order valence-corrected chi connectivity index (χ0v) is 10.5. The Morgan fingerprint density at radius 3 is 3.00 bits per heavy atom. The van der Waals surface area contributed by atoms with Crippen LogP contribution in [-0.4, -0.2) is 30.0 Å². The van der Waals surface area contributed by atoms with E-state index in [4.69, 9.17) is 22.1 Å². The average molecular weight is 257 g/mol. The van der Waals surface area contributed by atoms with E-state index < -0.39 is 5.60 Å². The first-order valence-electron chi connectivity index (χ1n) is 5.64. The second kappa shape index (κ2) is 4.72. The molecule has 0 aliphatic carbocycles. The fraction of sp³-hybridized carbons (Fsp3) is 0.500. The Morgan fingerprint density at radius 2 is 2.41 bits per heavy atom. The molecule has 0 radical (unpaired) electrons. The lowest BCUT2D eigenvalue weighted by Gasteiger charge is -2.27. The number of nitrogen functional groups attached to an aromatic ring is 1. The summed E-state index contributed by atoms with van der Waals surface area (Å²) in [6.45, 7) is 2.88. The highest BCUT2D eigenvalue weighted by Gasteiger charge is 2.39. The van der Waals surface area contributed by atoms with E-state index in [0.29, 0.717) is 30.3 Å². The molecule has 1 heterocycles. The quantitative estimate of drug-likeness (QED) is 0.723. The molecule has 0 bridgehead atoms. The fourth-order valence-corrected chi connectivity index (χ4v) is 2.13. The van der Waals surface area contributed by atoms with E-state index in [1.165, 1.54) is 0 Å². The van der Waals surface area contributed by atoms with Gasteiger partial charge in [-0.3, -0.25) is 0 Å². The number of benzene rings is 1. The molecule has 2 atom stereocenters. The van der Waals surface area contributed by atoms with Crippen LogP contribution in [0.15, 0.2) is 18.2 Å². The van der Waals surface area contributed by atoms with Crippen molar-refractivity contribution >= 4 is 23.0 Å². The lowest BCUT2D eigenvalue weighted by molar-refractivity contribution is -0.0175. The zero-order chi connectivity index (χ0) is 12.5. The molecule has 1 saturated heterocycles. The lowest BCUT2D eigenvalue weighted by Crippen LogP contribution is -2.43. The van der Waals surface area contributed by atoms with Crippen LogP contribution >= 0.6 is 11.6 Å². The van der Waals surface area contributed by atoms with Crippen molar-refractivity contribution in [3.63, 3.8) is 0 Å². The minimum absolute atomic E-state index is 0.163. The molecule has 0 aromatic heterocycles. The number of anilines is 2. The highest BCUT2D eigenvalue weighted by Crippen LogP contribution is 2.28. The first-order valence-corrected chi connectivity index (χ1v) is 6.02. The summed E-state index contributed by atoms with van der Waals surface area (Å²) in [7, 11) is 0. The summed E-state index contributed by atoms with van der Waals surface area (Å²) in [6.07, 6.45) is 0.470.